The molecule has 1 atom stereocenters. The fourth-order valence-corrected chi connectivity index (χ4v) is 2.17. The number of hydrogen-bond donors (Lipinski definition) is 2. The van der Waals surface area contributed by atoms with Gasteiger partial charge in [0.15, 0.2) is 0 Å². The third-order valence-corrected chi connectivity index (χ3v) is 3.48. The first-order valence-corrected chi connectivity index (χ1v) is 7.46. The van der Waals surface area contributed by atoms with Gasteiger partial charge in [-0.25, -0.2) is 4.39 Å². The van der Waals surface area contributed by atoms with E-state index in [0.29, 0.717) is 13.0 Å². The maximum absolute atomic E-state index is 12.9. The molecular formula is C18H21FN2O. The lowest BCUT2D eigenvalue weighted by atomic mass is 10.0. The molecule has 1 unspecified atom stereocenters. The molecule has 0 heterocycles. The number of hydrogen-bond acceptors (Lipinski definition) is 2. The summed E-state index contributed by atoms with van der Waals surface area (Å²) >= 11 is 0. The van der Waals surface area contributed by atoms with Gasteiger partial charge in [0, 0.05) is 25.2 Å². The van der Waals surface area contributed by atoms with E-state index in [1.807, 2.05) is 30.3 Å². The molecule has 0 spiro atoms. The molecule has 0 aliphatic carbocycles. The van der Waals surface area contributed by atoms with Crippen LogP contribution in [0.15, 0.2) is 54.6 Å². The van der Waals surface area contributed by atoms with Crippen LogP contribution in [0.3, 0.4) is 0 Å². The fourth-order valence-electron chi connectivity index (χ4n) is 2.17. The molecule has 0 aliphatic heterocycles. The maximum Gasteiger partial charge on any atom is 0.225 e. The van der Waals surface area contributed by atoms with Gasteiger partial charge in [-0.3, -0.25) is 4.79 Å². The maximum atomic E-state index is 12.9. The molecule has 2 aromatic carbocycles. The standard InChI is InChI=1S/C18H21FN2O/c1-14(15-7-9-16(19)10-8-15)13-20-12-11-18(22)21-17-5-3-2-4-6-17/h2-10,14,20H,11-13H2,1H3,(H,21,22). The number of rotatable bonds is 7. The van der Waals surface area contributed by atoms with Gasteiger partial charge in [-0.05, 0) is 35.7 Å². The molecule has 3 nitrogen and oxygen atoms in total. The zero-order chi connectivity index (χ0) is 15.8. The smallest absolute Gasteiger partial charge is 0.225 e. The monoisotopic (exact) mass is 300 g/mol. The summed E-state index contributed by atoms with van der Waals surface area (Å²) in [6, 6.07) is 15.9. The zero-order valence-corrected chi connectivity index (χ0v) is 12.7. The quantitative estimate of drug-likeness (QED) is 0.768. The number of para-hydroxylation sites is 1. The van der Waals surface area contributed by atoms with Crippen LogP contribution >= 0.6 is 0 Å². The number of amides is 1. The largest absolute Gasteiger partial charge is 0.326 e. The second-order valence-electron chi connectivity index (χ2n) is 5.32. The number of halogens is 1. The van der Waals surface area contributed by atoms with Crippen molar-refractivity contribution in [2.45, 2.75) is 19.3 Å². The molecule has 1 amide bonds. The van der Waals surface area contributed by atoms with Crippen LogP contribution in [-0.2, 0) is 4.79 Å². The van der Waals surface area contributed by atoms with Crippen molar-refractivity contribution in [3.05, 3.63) is 66.0 Å². The Bertz CT molecular complexity index is 584. The van der Waals surface area contributed by atoms with Crippen molar-refractivity contribution in [1.29, 1.82) is 0 Å². The summed E-state index contributed by atoms with van der Waals surface area (Å²) in [5.41, 5.74) is 1.90. The average Bonchev–Trinajstić information content (AvgIpc) is 2.53. The Labute approximate surface area is 130 Å². The lowest BCUT2D eigenvalue weighted by Gasteiger charge is -2.13. The molecule has 22 heavy (non-hydrogen) atoms. The Morgan fingerprint density at radius 2 is 1.77 bits per heavy atom. The summed E-state index contributed by atoms with van der Waals surface area (Å²) < 4.78 is 12.9. The van der Waals surface area contributed by atoms with Crippen LogP contribution in [0.4, 0.5) is 10.1 Å². The van der Waals surface area contributed by atoms with E-state index in [1.54, 1.807) is 12.1 Å². The predicted molar refractivity (Wildman–Crippen MR) is 87.4 cm³/mol. The molecule has 0 fully saturated rings. The predicted octanol–water partition coefficient (Wildman–Crippen LogP) is 3.55. The topological polar surface area (TPSA) is 41.1 Å². The molecular weight excluding hydrogens is 279 g/mol. The molecule has 2 N–H and O–H groups in total. The van der Waals surface area contributed by atoms with Crippen molar-refractivity contribution in [2.75, 3.05) is 18.4 Å². The highest BCUT2D eigenvalue weighted by atomic mass is 19.1. The van der Waals surface area contributed by atoms with Crippen LogP contribution in [0, 0.1) is 5.82 Å². The Hall–Kier alpha value is -2.20. The van der Waals surface area contributed by atoms with E-state index >= 15 is 0 Å². The van der Waals surface area contributed by atoms with E-state index in [4.69, 9.17) is 0 Å². The molecule has 0 saturated heterocycles. The van der Waals surface area contributed by atoms with Crippen molar-refractivity contribution in [3.8, 4) is 0 Å². The number of carbonyl (C=O) groups is 1. The first kappa shape index (κ1) is 16.2. The van der Waals surface area contributed by atoms with Gasteiger partial charge in [0.1, 0.15) is 5.82 Å². The fraction of sp³-hybridized carbons (Fsp3) is 0.278. The molecule has 4 heteroatoms. The summed E-state index contributed by atoms with van der Waals surface area (Å²) in [5.74, 6) is 0.0485. The SMILES string of the molecule is CC(CNCCC(=O)Nc1ccccc1)c1ccc(F)cc1. The number of anilines is 1. The first-order chi connectivity index (χ1) is 10.6. The molecule has 0 aromatic heterocycles. The number of benzene rings is 2. The Morgan fingerprint density at radius 1 is 1.09 bits per heavy atom. The van der Waals surface area contributed by atoms with E-state index in [0.717, 1.165) is 17.8 Å². The Balaban J connectivity index is 1.66. The van der Waals surface area contributed by atoms with E-state index in [-0.39, 0.29) is 17.6 Å². The summed E-state index contributed by atoms with van der Waals surface area (Å²) in [7, 11) is 0. The Morgan fingerprint density at radius 3 is 2.45 bits per heavy atom. The van der Waals surface area contributed by atoms with Crippen LogP contribution < -0.4 is 10.6 Å². The summed E-state index contributed by atoms with van der Waals surface area (Å²) in [6.45, 7) is 3.44. The average molecular weight is 300 g/mol. The minimum absolute atomic E-state index is 0.00636. The lowest BCUT2D eigenvalue weighted by molar-refractivity contribution is -0.116. The van der Waals surface area contributed by atoms with Crippen molar-refractivity contribution in [1.82, 2.24) is 5.32 Å². The van der Waals surface area contributed by atoms with Crippen molar-refractivity contribution in [2.24, 2.45) is 0 Å². The van der Waals surface area contributed by atoms with Crippen molar-refractivity contribution >= 4 is 11.6 Å². The van der Waals surface area contributed by atoms with E-state index in [9.17, 15) is 9.18 Å². The molecule has 116 valence electrons. The van der Waals surface area contributed by atoms with Gasteiger partial charge in [0.05, 0.1) is 0 Å². The zero-order valence-electron chi connectivity index (χ0n) is 12.7. The van der Waals surface area contributed by atoms with Gasteiger partial charge >= 0.3 is 0 Å². The molecule has 0 radical (unpaired) electrons. The summed E-state index contributed by atoms with van der Waals surface area (Å²) in [6.07, 6.45) is 0.422. The van der Waals surface area contributed by atoms with Gasteiger partial charge in [-0.2, -0.15) is 0 Å². The van der Waals surface area contributed by atoms with Gasteiger partial charge in [0.25, 0.3) is 0 Å². The Kier molecular flexibility index (Phi) is 6.10. The molecule has 0 aliphatic rings. The van der Waals surface area contributed by atoms with E-state index in [1.165, 1.54) is 12.1 Å². The third-order valence-electron chi connectivity index (χ3n) is 3.48. The summed E-state index contributed by atoms with van der Waals surface area (Å²) in [5, 5.41) is 6.11. The van der Waals surface area contributed by atoms with Gasteiger partial charge in [-0.15, -0.1) is 0 Å². The highest BCUT2D eigenvalue weighted by molar-refractivity contribution is 5.90. The van der Waals surface area contributed by atoms with E-state index < -0.39 is 0 Å². The minimum atomic E-state index is -0.221. The van der Waals surface area contributed by atoms with Gasteiger partial charge < -0.3 is 10.6 Å². The van der Waals surface area contributed by atoms with Crippen LogP contribution in [-0.4, -0.2) is 19.0 Å². The van der Waals surface area contributed by atoms with Gasteiger partial charge in [-0.1, -0.05) is 37.3 Å². The lowest BCUT2D eigenvalue weighted by Crippen LogP contribution is -2.25. The second kappa shape index (κ2) is 8.29. The normalized spacial score (nSPS) is 11.9. The van der Waals surface area contributed by atoms with Crippen LogP contribution in [0.2, 0.25) is 0 Å². The molecule has 2 rings (SSSR count). The van der Waals surface area contributed by atoms with Crippen molar-refractivity contribution < 1.29 is 9.18 Å². The van der Waals surface area contributed by atoms with Crippen LogP contribution in [0.5, 0.6) is 0 Å². The van der Waals surface area contributed by atoms with Crippen LogP contribution in [0.25, 0.3) is 0 Å². The van der Waals surface area contributed by atoms with Crippen LogP contribution in [0.1, 0.15) is 24.8 Å². The minimum Gasteiger partial charge on any atom is -0.326 e. The molecule has 0 bridgehead atoms. The summed E-state index contributed by atoms with van der Waals surface area (Å²) in [4.78, 5) is 11.8. The number of carbonyl (C=O) groups excluding carboxylic acids is 1. The first-order valence-electron chi connectivity index (χ1n) is 7.46. The van der Waals surface area contributed by atoms with E-state index in [2.05, 4.69) is 17.6 Å². The highest BCUT2D eigenvalue weighted by Crippen LogP contribution is 2.14. The van der Waals surface area contributed by atoms with Crippen molar-refractivity contribution in [3.63, 3.8) is 0 Å². The highest BCUT2D eigenvalue weighted by Gasteiger charge is 2.06. The third kappa shape index (κ3) is 5.30. The number of nitrogens with one attached hydrogen (secondary N) is 2. The molecule has 2 aromatic rings. The molecule has 0 saturated carbocycles. The van der Waals surface area contributed by atoms with Gasteiger partial charge in [0.2, 0.25) is 5.91 Å². The second-order valence-corrected chi connectivity index (χ2v) is 5.32.